The molecule has 138 valence electrons. The fourth-order valence-corrected chi connectivity index (χ4v) is 4.10. The average molecular weight is 373 g/mol. The van der Waals surface area contributed by atoms with Gasteiger partial charge >= 0.3 is 5.97 Å². The fourth-order valence-electron chi connectivity index (χ4n) is 2.99. The largest absolute Gasteiger partial charge is 0.494 e. The van der Waals surface area contributed by atoms with Gasteiger partial charge in [-0.25, -0.2) is 4.79 Å². The maximum Gasteiger partial charge on any atom is 0.340 e. The van der Waals surface area contributed by atoms with E-state index in [1.54, 1.807) is 42.5 Å². The van der Waals surface area contributed by atoms with Gasteiger partial charge in [0.25, 0.3) is 5.91 Å². The molecule has 1 aliphatic rings. The van der Waals surface area contributed by atoms with Crippen LogP contribution in [-0.2, 0) is 22.4 Å². The molecule has 0 fully saturated rings. The third-order valence-corrected chi connectivity index (χ3v) is 5.46. The number of fused-ring (bicyclic) bond motifs is 1. The van der Waals surface area contributed by atoms with E-state index in [4.69, 9.17) is 9.47 Å². The highest BCUT2D eigenvalue weighted by molar-refractivity contribution is 7.10. The first-order valence-electron chi connectivity index (χ1n) is 8.92. The van der Waals surface area contributed by atoms with Gasteiger partial charge in [-0.1, -0.05) is 0 Å². The Morgan fingerprint density at radius 2 is 1.92 bits per heavy atom. The SMILES string of the molecule is CCOc1ccc(NC(=O)[C@H](C)OC(=O)c2csc3c2CCCC3)cc1. The summed E-state index contributed by atoms with van der Waals surface area (Å²) in [5, 5.41) is 4.61. The van der Waals surface area contributed by atoms with Crippen LogP contribution in [0.1, 0.15) is 47.5 Å². The predicted molar refractivity (Wildman–Crippen MR) is 102 cm³/mol. The summed E-state index contributed by atoms with van der Waals surface area (Å²) in [6.07, 6.45) is 3.34. The van der Waals surface area contributed by atoms with Crippen LogP contribution in [-0.4, -0.2) is 24.6 Å². The number of thiophene rings is 1. The number of carbonyl (C=O) groups is 2. The highest BCUT2D eigenvalue weighted by Crippen LogP contribution is 2.30. The summed E-state index contributed by atoms with van der Waals surface area (Å²) >= 11 is 1.61. The van der Waals surface area contributed by atoms with Crippen LogP contribution in [0.2, 0.25) is 0 Å². The van der Waals surface area contributed by atoms with Gasteiger partial charge in [0.05, 0.1) is 12.2 Å². The number of hydrogen-bond donors (Lipinski definition) is 1. The molecule has 6 heteroatoms. The predicted octanol–water partition coefficient (Wildman–Crippen LogP) is 4.21. The summed E-state index contributed by atoms with van der Waals surface area (Å²) in [4.78, 5) is 26.0. The Morgan fingerprint density at radius 1 is 1.19 bits per heavy atom. The second kappa shape index (κ2) is 8.36. The number of esters is 1. The maximum atomic E-state index is 12.4. The molecule has 5 nitrogen and oxygen atoms in total. The Bertz CT molecular complexity index is 782. The van der Waals surface area contributed by atoms with Gasteiger partial charge in [0.1, 0.15) is 5.75 Å². The van der Waals surface area contributed by atoms with Crippen molar-refractivity contribution in [3.63, 3.8) is 0 Å². The zero-order valence-electron chi connectivity index (χ0n) is 15.0. The lowest BCUT2D eigenvalue weighted by atomic mass is 9.96. The maximum absolute atomic E-state index is 12.4. The number of ether oxygens (including phenoxy) is 2. The zero-order valence-corrected chi connectivity index (χ0v) is 15.9. The van der Waals surface area contributed by atoms with Gasteiger partial charge in [-0.3, -0.25) is 4.79 Å². The van der Waals surface area contributed by atoms with E-state index in [1.807, 2.05) is 12.3 Å². The van der Waals surface area contributed by atoms with Gasteiger partial charge in [-0.05, 0) is 69.4 Å². The standard InChI is InChI=1S/C20H23NO4S/c1-3-24-15-10-8-14(9-11-15)21-19(22)13(2)25-20(23)17-12-26-18-7-5-4-6-16(17)18/h8-13H,3-7H2,1-2H3,(H,21,22)/t13-/m0/s1. The monoisotopic (exact) mass is 373 g/mol. The zero-order chi connectivity index (χ0) is 18.5. The van der Waals surface area contributed by atoms with Crippen molar-refractivity contribution in [3.8, 4) is 5.75 Å². The molecule has 1 aromatic heterocycles. The molecule has 0 radical (unpaired) electrons. The van der Waals surface area contributed by atoms with Crippen molar-refractivity contribution < 1.29 is 19.1 Å². The van der Waals surface area contributed by atoms with E-state index in [0.29, 0.717) is 17.9 Å². The van der Waals surface area contributed by atoms with Crippen LogP contribution in [0.3, 0.4) is 0 Å². The molecule has 1 aliphatic carbocycles. The number of amides is 1. The molecule has 0 saturated heterocycles. The molecule has 0 aliphatic heterocycles. The first-order valence-corrected chi connectivity index (χ1v) is 9.80. The number of rotatable bonds is 6. The Hall–Kier alpha value is -2.34. The topological polar surface area (TPSA) is 64.6 Å². The Morgan fingerprint density at radius 3 is 2.65 bits per heavy atom. The summed E-state index contributed by atoms with van der Waals surface area (Å²) in [5.74, 6) is -0.0300. The molecule has 2 aromatic rings. The second-order valence-electron chi connectivity index (χ2n) is 6.25. The van der Waals surface area contributed by atoms with Gasteiger partial charge in [0.2, 0.25) is 0 Å². The van der Waals surface area contributed by atoms with Crippen LogP contribution >= 0.6 is 11.3 Å². The first-order chi connectivity index (χ1) is 12.6. The molecule has 1 aromatic carbocycles. The van der Waals surface area contributed by atoms with Crippen molar-refractivity contribution in [1.82, 2.24) is 0 Å². The summed E-state index contributed by atoms with van der Waals surface area (Å²) in [7, 11) is 0. The summed E-state index contributed by atoms with van der Waals surface area (Å²) < 4.78 is 10.8. The van der Waals surface area contributed by atoms with Gasteiger partial charge in [0, 0.05) is 15.9 Å². The molecule has 1 amide bonds. The molecule has 0 saturated carbocycles. The second-order valence-corrected chi connectivity index (χ2v) is 7.22. The van der Waals surface area contributed by atoms with Gasteiger partial charge in [-0.2, -0.15) is 0 Å². The fraction of sp³-hybridized carbons (Fsp3) is 0.400. The number of nitrogens with one attached hydrogen (secondary N) is 1. The van der Waals surface area contributed by atoms with Crippen LogP contribution in [0.4, 0.5) is 5.69 Å². The highest BCUT2D eigenvalue weighted by atomic mass is 32.1. The quantitative estimate of drug-likeness (QED) is 0.771. The van der Waals surface area contributed by atoms with E-state index in [1.165, 1.54) is 11.3 Å². The molecule has 1 atom stereocenters. The van der Waals surface area contributed by atoms with Crippen LogP contribution in [0.5, 0.6) is 5.75 Å². The van der Waals surface area contributed by atoms with Gasteiger partial charge in [-0.15, -0.1) is 11.3 Å². The minimum absolute atomic E-state index is 0.355. The number of hydrogen-bond acceptors (Lipinski definition) is 5. The number of aryl methyl sites for hydroxylation is 1. The van der Waals surface area contributed by atoms with Crippen molar-refractivity contribution in [2.75, 3.05) is 11.9 Å². The van der Waals surface area contributed by atoms with E-state index in [0.717, 1.165) is 30.6 Å². The number of carbonyl (C=O) groups excluding carboxylic acids is 2. The third-order valence-electron chi connectivity index (χ3n) is 4.37. The molecule has 3 rings (SSSR count). The van der Waals surface area contributed by atoms with Crippen LogP contribution in [0.15, 0.2) is 29.6 Å². The molecule has 26 heavy (non-hydrogen) atoms. The Labute approximate surface area is 157 Å². The summed E-state index contributed by atoms with van der Waals surface area (Å²) in [6.45, 7) is 4.09. The lowest BCUT2D eigenvalue weighted by molar-refractivity contribution is -0.123. The number of benzene rings is 1. The van der Waals surface area contributed by atoms with Gasteiger partial charge < -0.3 is 14.8 Å². The first kappa shape index (κ1) is 18.5. The molecule has 0 unspecified atom stereocenters. The third kappa shape index (κ3) is 4.25. The molecule has 1 N–H and O–H groups in total. The van der Waals surface area contributed by atoms with E-state index < -0.39 is 12.1 Å². The van der Waals surface area contributed by atoms with E-state index in [-0.39, 0.29) is 5.91 Å². The van der Waals surface area contributed by atoms with E-state index >= 15 is 0 Å². The molecule has 0 bridgehead atoms. The minimum atomic E-state index is -0.867. The minimum Gasteiger partial charge on any atom is -0.494 e. The lowest BCUT2D eigenvalue weighted by Crippen LogP contribution is -2.30. The molecule has 1 heterocycles. The lowest BCUT2D eigenvalue weighted by Gasteiger charge is -2.15. The normalized spacial score (nSPS) is 14.2. The molecular formula is C20H23NO4S. The van der Waals surface area contributed by atoms with Crippen LogP contribution < -0.4 is 10.1 Å². The van der Waals surface area contributed by atoms with Crippen molar-refractivity contribution in [2.24, 2.45) is 0 Å². The van der Waals surface area contributed by atoms with Gasteiger partial charge in [0.15, 0.2) is 6.10 Å². The van der Waals surface area contributed by atoms with Crippen molar-refractivity contribution >= 4 is 28.9 Å². The van der Waals surface area contributed by atoms with Crippen LogP contribution in [0.25, 0.3) is 0 Å². The molecular weight excluding hydrogens is 350 g/mol. The highest BCUT2D eigenvalue weighted by Gasteiger charge is 2.24. The van der Waals surface area contributed by atoms with Crippen molar-refractivity contribution in [2.45, 2.75) is 45.6 Å². The molecule has 0 spiro atoms. The average Bonchev–Trinajstić information content (AvgIpc) is 3.07. The Balaban J connectivity index is 1.58. The summed E-state index contributed by atoms with van der Waals surface area (Å²) in [5.41, 5.74) is 2.35. The van der Waals surface area contributed by atoms with Crippen molar-refractivity contribution in [1.29, 1.82) is 0 Å². The van der Waals surface area contributed by atoms with E-state index in [9.17, 15) is 9.59 Å². The summed E-state index contributed by atoms with van der Waals surface area (Å²) in [6, 6.07) is 7.08. The number of anilines is 1. The van der Waals surface area contributed by atoms with E-state index in [2.05, 4.69) is 5.32 Å². The van der Waals surface area contributed by atoms with Crippen LogP contribution in [0, 0.1) is 0 Å². The smallest absolute Gasteiger partial charge is 0.340 e. The van der Waals surface area contributed by atoms with Crippen molar-refractivity contribution in [3.05, 3.63) is 45.6 Å². The Kier molecular flexibility index (Phi) is 5.93.